The molecule has 0 bridgehead atoms. The summed E-state index contributed by atoms with van der Waals surface area (Å²) in [6, 6.07) is 19.3. The molecule has 42 heavy (non-hydrogen) atoms. The predicted octanol–water partition coefficient (Wildman–Crippen LogP) is 1.59. The summed E-state index contributed by atoms with van der Waals surface area (Å²) in [5.74, 6) is -1.91. The van der Waals surface area contributed by atoms with Crippen molar-refractivity contribution in [3.8, 4) is 0 Å². The maximum atomic E-state index is 13.7. The van der Waals surface area contributed by atoms with Crippen molar-refractivity contribution in [1.82, 2.24) is 15.5 Å². The standard InChI is InChI=1S/C32H37N5O5/c1-20(19-37-27-10-5-4-9-25(27)31(41)36-14-6-11-28(36)32(37)42)29(39)35-26(30(40)34-18-24(38)17-33)16-21-12-13-22-7-2-3-8-23(22)15-21/h2-5,7-10,12-13,15,20,24,26,28,38H,6,11,14,16-19,33H2,1H3,(H,34,40)(H,35,39)/t20?,24?,26-,28?/m1/s1. The largest absolute Gasteiger partial charge is 0.390 e. The fraction of sp³-hybridized carbons (Fsp3) is 0.375. The Bertz CT molecular complexity index is 1490. The molecular weight excluding hydrogens is 534 g/mol. The molecule has 1 fully saturated rings. The second-order valence-electron chi connectivity index (χ2n) is 11.1. The Balaban J connectivity index is 1.35. The number of aliphatic hydroxyl groups is 1. The van der Waals surface area contributed by atoms with Crippen LogP contribution in [0.2, 0.25) is 0 Å². The molecule has 1 saturated heterocycles. The average Bonchev–Trinajstić information content (AvgIpc) is 3.48. The minimum absolute atomic E-state index is 0.00865. The molecule has 2 aliphatic heterocycles. The topological polar surface area (TPSA) is 145 Å². The monoisotopic (exact) mass is 571 g/mol. The van der Waals surface area contributed by atoms with Crippen molar-refractivity contribution in [3.63, 3.8) is 0 Å². The second kappa shape index (κ2) is 12.7. The first-order valence-corrected chi connectivity index (χ1v) is 14.4. The number of anilines is 1. The summed E-state index contributed by atoms with van der Waals surface area (Å²) in [7, 11) is 0. The minimum Gasteiger partial charge on any atom is -0.390 e. The maximum Gasteiger partial charge on any atom is 0.256 e. The molecule has 0 radical (unpaired) electrons. The number of para-hydroxylation sites is 1. The highest BCUT2D eigenvalue weighted by atomic mass is 16.3. The van der Waals surface area contributed by atoms with Crippen molar-refractivity contribution in [2.24, 2.45) is 11.7 Å². The summed E-state index contributed by atoms with van der Waals surface area (Å²) in [6.07, 6.45) is 0.652. The zero-order chi connectivity index (χ0) is 29.8. The summed E-state index contributed by atoms with van der Waals surface area (Å²) < 4.78 is 0. The molecule has 220 valence electrons. The van der Waals surface area contributed by atoms with Gasteiger partial charge in [-0.25, -0.2) is 0 Å². The number of nitrogens with zero attached hydrogens (tertiary/aromatic N) is 2. The van der Waals surface area contributed by atoms with Crippen molar-refractivity contribution >= 4 is 40.1 Å². The first-order valence-electron chi connectivity index (χ1n) is 14.4. The molecule has 0 aromatic heterocycles. The molecule has 10 heteroatoms. The second-order valence-corrected chi connectivity index (χ2v) is 11.1. The zero-order valence-electron chi connectivity index (χ0n) is 23.7. The van der Waals surface area contributed by atoms with Gasteiger partial charge in [0.2, 0.25) is 17.7 Å². The molecule has 5 N–H and O–H groups in total. The lowest BCUT2D eigenvalue weighted by atomic mass is 10.00. The molecule has 3 aromatic carbocycles. The van der Waals surface area contributed by atoms with Crippen molar-refractivity contribution in [2.75, 3.05) is 31.1 Å². The molecule has 0 saturated carbocycles. The van der Waals surface area contributed by atoms with Gasteiger partial charge in [0.05, 0.1) is 23.3 Å². The molecule has 3 unspecified atom stereocenters. The number of hydrogen-bond acceptors (Lipinski definition) is 6. The third-order valence-electron chi connectivity index (χ3n) is 8.06. The van der Waals surface area contributed by atoms with E-state index in [-0.39, 0.29) is 37.9 Å². The maximum absolute atomic E-state index is 13.7. The third-order valence-corrected chi connectivity index (χ3v) is 8.06. The van der Waals surface area contributed by atoms with Crippen LogP contribution in [0.15, 0.2) is 66.7 Å². The Morgan fingerprint density at radius 2 is 1.76 bits per heavy atom. The van der Waals surface area contributed by atoms with Gasteiger partial charge < -0.3 is 31.3 Å². The number of rotatable bonds is 10. The Hall–Kier alpha value is -4.28. The van der Waals surface area contributed by atoms with Gasteiger partial charge in [-0.1, -0.05) is 61.5 Å². The lowest BCUT2D eigenvalue weighted by Crippen LogP contribution is -2.53. The van der Waals surface area contributed by atoms with Crippen molar-refractivity contribution < 1.29 is 24.3 Å². The molecule has 4 amide bonds. The van der Waals surface area contributed by atoms with Crippen LogP contribution in [0.5, 0.6) is 0 Å². The van der Waals surface area contributed by atoms with E-state index >= 15 is 0 Å². The molecular formula is C32H37N5O5. The Labute approximate surface area is 244 Å². The van der Waals surface area contributed by atoms with Crippen LogP contribution >= 0.6 is 0 Å². The fourth-order valence-electron chi connectivity index (χ4n) is 5.70. The van der Waals surface area contributed by atoms with Gasteiger partial charge in [-0.15, -0.1) is 0 Å². The highest BCUT2D eigenvalue weighted by molar-refractivity contribution is 6.11. The Morgan fingerprint density at radius 3 is 2.55 bits per heavy atom. The molecule has 3 aromatic rings. The Morgan fingerprint density at radius 1 is 1.02 bits per heavy atom. The van der Waals surface area contributed by atoms with E-state index in [1.807, 2.05) is 42.5 Å². The molecule has 4 atom stereocenters. The molecule has 2 aliphatic rings. The van der Waals surface area contributed by atoms with E-state index < -0.39 is 35.9 Å². The predicted molar refractivity (Wildman–Crippen MR) is 160 cm³/mol. The van der Waals surface area contributed by atoms with Crippen LogP contribution in [-0.2, 0) is 20.8 Å². The molecule has 2 heterocycles. The molecule has 0 aliphatic carbocycles. The number of hydrogen-bond donors (Lipinski definition) is 4. The van der Waals surface area contributed by atoms with Gasteiger partial charge in [0, 0.05) is 32.6 Å². The SMILES string of the molecule is CC(CN1C(=O)C2CCCN2C(=O)c2ccccc21)C(=O)N[C@H](Cc1ccc2ccccc2c1)C(=O)NCC(O)CN. The first-order chi connectivity index (χ1) is 20.3. The van der Waals surface area contributed by atoms with E-state index in [1.165, 1.54) is 0 Å². The summed E-state index contributed by atoms with van der Waals surface area (Å²) in [6.45, 7) is 2.23. The Kier molecular flexibility index (Phi) is 8.84. The summed E-state index contributed by atoms with van der Waals surface area (Å²) in [5.41, 5.74) is 7.28. The highest BCUT2D eigenvalue weighted by Gasteiger charge is 2.42. The molecule has 0 spiro atoms. The van der Waals surface area contributed by atoms with Crippen LogP contribution in [-0.4, -0.2) is 78.0 Å². The van der Waals surface area contributed by atoms with Gasteiger partial charge in [-0.3, -0.25) is 19.2 Å². The number of carbonyl (C=O) groups is 4. The van der Waals surface area contributed by atoms with E-state index in [1.54, 1.807) is 41.0 Å². The summed E-state index contributed by atoms with van der Waals surface area (Å²) in [5, 5.41) is 17.5. The smallest absolute Gasteiger partial charge is 0.256 e. The normalized spacial score (nSPS) is 18.6. The van der Waals surface area contributed by atoms with E-state index in [4.69, 9.17) is 5.73 Å². The fourth-order valence-corrected chi connectivity index (χ4v) is 5.70. The van der Waals surface area contributed by atoms with Gasteiger partial charge in [0.1, 0.15) is 12.1 Å². The van der Waals surface area contributed by atoms with Crippen LogP contribution in [0.25, 0.3) is 10.8 Å². The van der Waals surface area contributed by atoms with Crippen LogP contribution in [0.4, 0.5) is 5.69 Å². The third kappa shape index (κ3) is 6.14. The van der Waals surface area contributed by atoms with Crippen LogP contribution in [0, 0.1) is 5.92 Å². The average molecular weight is 572 g/mol. The number of aliphatic hydroxyl groups excluding tert-OH is 1. The van der Waals surface area contributed by atoms with E-state index in [9.17, 15) is 24.3 Å². The van der Waals surface area contributed by atoms with Crippen LogP contribution in [0.1, 0.15) is 35.7 Å². The number of fused-ring (bicyclic) bond motifs is 3. The summed E-state index contributed by atoms with van der Waals surface area (Å²) in [4.78, 5) is 56.8. The number of amides is 4. The number of nitrogens with two attached hydrogens (primary N) is 1. The van der Waals surface area contributed by atoms with Crippen molar-refractivity contribution in [2.45, 2.75) is 44.4 Å². The van der Waals surface area contributed by atoms with Crippen molar-refractivity contribution in [3.05, 3.63) is 77.9 Å². The number of nitrogens with one attached hydrogen (secondary N) is 2. The van der Waals surface area contributed by atoms with Gasteiger partial charge in [0.15, 0.2) is 0 Å². The van der Waals surface area contributed by atoms with Crippen LogP contribution in [0.3, 0.4) is 0 Å². The highest BCUT2D eigenvalue weighted by Crippen LogP contribution is 2.32. The quantitative estimate of drug-likeness (QED) is 0.291. The van der Waals surface area contributed by atoms with Crippen molar-refractivity contribution in [1.29, 1.82) is 0 Å². The number of carbonyl (C=O) groups excluding carboxylic acids is 4. The van der Waals surface area contributed by atoms with E-state index in [0.717, 1.165) is 22.8 Å². The molecule has 10 nitrogen and oxygen atoms in total. The lowest BCUT2D eigenvalue weighted by molar-refractivity contribution is -0.131. The van der Waals surface area contributed by atoms with E-state index in [0.29, 0.717) is 24.2 Å². The molecule has 5 rings (SSSR count). The number of benzene rings is 3. The van der Waals surface area contributed by atoms with Crippen LogP contribution < -0.4 is 21.3 Å². The van der Waals surface area contributed by atoms with Gasteiger partial charge in [-0.2, -0.15) is 0 Å². The summed E-state index contributed by atoms with van der Waals surface area (Å²) >= 11 is 0. The van der Waals surface area contributed by atoms with Gasteiger partial charge in [0.25, 0.3) is 5.91 Å². The van der Waals surface area contributed by atoms with Gasteiger partial charge >= 0.3 is 0 Å². The zero-order valence-corrected chi connectivity index (χ0v) is 23.7. The van der Waals surface area contributed by atoms with Gasteiger partial charge in [-0.05, 0) is 41.3 Å². The lowest BCUT2D eigenvalue weighted by Gasteiger charge is -2.29. The first kappa shape index (κ1) is 29.2. The van der Waals surface area contributed by atoms with E-state index in [2.05, 4.69) is 10.6 Å². The minimum atomic E-state index is -0.926.